The summed E-state index contributed by atoms with van der Waals surface area (Å²) in [6.07, 6.45) is 0.157. The van der Waals surface area contributed by atoms with E-state index in [9.17, 15) is 4.79 Å². The highest BCUT2D eigenvalue weighted by atomic mass is 16.5. The quantitative estimate of drug-likeness (QED) is 0.891. The van der Waals surface area contributed by atoms with Gasteiger partial charge in [0.05, 0.1) is 19.6 Å². The molecule has 0 unspecified atom stereocenters. The number of hydrogen-bond donors (Lipinski definition) is 1. The van der Waals surface area contributed by atoms with Crippen molar-refractivity contribution in [2.45, 2.75) is 32.6 Å². The van der Waals surface area contributed by atoms with E-state index in [0.717, 1.165) is 0 Å². The van der Waals surface area contributed by atoms with Crippen molar-refractivity contribution in [1.82, 2.24) is 0 Å². The van der Waals surface area contributed by atoms with Crippen LogP contribution in [0.4, 0.5) is 0 Å². The number of ether oxygens (including phenoxy) is 1. The van der Waals surface area contributed by atoms with Crippen molar-refractivity contribution in [3.63, 3.8) is 0 Å². The Morgan fingerprint density at radius 2 is 2.00 bits per heavy atom. The van der Waals surface area contributed by atoms with E-state index in [0.29, 0.717) is 13.2 Å². The number of benzene rings is 1. The van der Waals surface area contributed by atoms with Crippen molar-refractivity contribution in [2.24, 2.45) is 5.41 Å². The van der Waals surface area contributed by atoms with Crippen LogP contribution in [0, 0.1) is 12.3 Å². The van der Waals surface area contributed by atoms with Gasteiger partial charge in [0.25, 0.3) is 0 Å². The van der Waals surface area contributed by atoms with Crippen LogP contribution >= 0.6 is 0 Å². The van der Waals surface area contributed by atoms with Crippen molar-refractivity contribution < 1.29 is 14.6 Å². The van der Waals surface area contributed by atoms with Gasteiger partial charge >= 0.3 is 5.97 Å². The van der Waals surface area contributed by atoms with Gasteiger partial charge in [0.1, 0.15) is 0 Å². The highest BCUT2D eigenvalue weighted by Crippen LogP contribution is 2.50. The summed E-state index contributed by atoms with van der Waals surface area (Å²) in [5.41, 5.74) is 1.95. The van der Waals surface area contributed by atoms with Crippen LogP contribution in [0.5, 0.6) is 0 Å². The highest BCUT2D eigenvalue weighted by molar-refractivity contribution is 5.68. The van der Waals surface area contributed by atoms with Gasteiger partial charge in [0.15, 0.2) is 0 Å². The Hall–Kier alpha value is -1.35. The number of aliphatic carboxylic acids is 1. The van der Waals surface area contributed by atoms with E-state index in [1.807, 2.05) is 26.0 Å². The third-order valence-corrected chi connectivity index (χ3v) is 4.25. The Morgan fingerprint density at radius 1 is 1.39 bits per heavy atom. The fraction of sp³-hybridized carbons (Fsp3) is 0.533. The third kappa shape index (κ3) is 1.93. The summed E-state index contributed by atoms with van der Waals surface area (Å²) in [6, 6.07) is 8.20. The predicted molar refractivity (Wildman–Crippen MR) is 69.7 cm³/mol. The van der Waals surface area contributed by atoms with Gasteiger partial charge in [-0.15, -0.1) is 0 Å². The van der Waals surface area contributed by atoms with Gasteiger partial charge in [-0.2, -0.15) is 0 Å². The van der Waals surface area contributed by atoms with Gasteiger partial charge in [-0.3, -0.25) is 4.79 Å². The molecule has 1 fully saturated rings. The second-order valence-electron chi connectivity index (χ2n) is 5.84. The molecule has 1 aromatic carbocycles. The molecule has 0 spiro atoms. The molecule has 1 aromatic rings. The molecule has 0 radical (unpaired) electrons. The molecule has 98 valence electrons. The predicted octanol–water partition coefficient (Wildman–Crippen LogP) is 2.76. The SMILES string of the molecule is Cc1ccccc1C1(C(C)(C)CC(=O)O)COC1. The van der Waals surface area contributed by atoms with Gasteiger partial charge in [-0.25, -0.2) is 0 Å². The summed E-state index contributed by atoms with van der Waals surface area (Å²) in [7, 11) is 0. The monoisotopic (exact) mass is 248 g/mol. The lowest BCUT2D eigenvalue weighted by Crippen LogP contribution is -2.57. The molecule has 18 heavy (non-hydrogen) atoms. The van der Waals surface area contributed by atoms with Crippen molar-refractivity contribution >= 4 is 5.97 Å². The van der Waals surface area contributed by atoms with Crippen molar-refractivity contribution in [1.29, 1.82) is 0 Å². The molecule has 2 rings (SSSR count). The first kappa shape index (κ1) is 13.1. The lowest BCUT2D eigenvalue weighted by atomic mass is 9.58. The first-order valence-electron chi connectivity index (χ1n) is 6.25. The highest BCUT2D eigenvalue weighted by Gasteiger charge is 2.53. The van der Waals surface area contributed by atoms with Crippen LogP contribution in [-0.4, -0.2) is 24.3 Å². The Morgan fingerprint density at radius 3 is 2.44 bits per heavy atom. The van der Waals surface area contributed by atoms with Crippen LogP contribution in [0.15, 0.2) is 24.3 Å². The van der Waals surface area contributed by atoms with Crippen LogP contribution in [0.3, 0.4) is 0 Å². The summed E-state index contributed by atoms with van der Waals surface area (Å²) in [5.74, 6) is -0.750. The largest absolute Gasteiger partial charge is 0.481 e. The average Bonchev–Trinajstić information content (AvgIpc) is 2.16. The molecule has 0 aliphatic carbocycles. The second kappa shape index (κ2) is 4.39. The fourth-order valence-corrected chi connectivity index (χ4v) is 2.87. The van der Waals surface area contributed by atoms with Crippen molar-refractivity contribution in [2.75, 3.05) is 13.2 Å². The maximum Gasteiger partial charge on any atom is 0.303 e. The summed E-state index contributed by atoms with van der Waals surface area (Å²) >= 11 is 0. The average molecular weight is 248 g/mol. The van der Waals surface area contributed by atoms with Gasteiger partial charge in [0.2, 0.25) is 0 Å². The van der Waals surface area contributed by atoms with E-state index >= 15 is 0 Å². The Bertz CT molecular complexity index is 459. The number of hydrogen-bond acceptors (Lipinski definition) is 2. The Kier molecular flexibility index (Phi) is 3.20. The van der Waals surface area contributed by atoms with Gasteiger partial charge < -0.3 is 9.84 Å². The molecule has 0 aromatic heterocycles. The minimum atomic E-state index is -0.750. The molecule has 3 nitrogen and oxygen atoms in total. The van der Waals surface area contributed by atoms with Crippen molar-refractivity contribution in [3.05, 3.63) is 35.4 Å². The number of carboxylic acids is 1. The summed E-state index contributed by atoms with van der Waals surface area (Å²) in [5, 5.41) is 9.11. The van der Waals surface area contributed by atoms with Gasteiger partial charge in [0, 0.05) is 5.41 Å². The van der Waals surface area contributed by atoms with Crippen molar-refractivity contribution in [3.8, 4) is 0 Å². The van der Waals surface area contributed by atoms with Gasteiger partial charge in [-0.1, -0.05) is 38.1 Å². The summed E-state index contributed by atoms with van der Waals surface area (Å²) < 4.78 is 5.42. The van der Waals surface area contributed by atoms with Crippen LogP contribution < -0.4 is 0 Å². The second-order valence-corrected chi connectivity index (χ2v) is 5.84. The normalized spacial score (nSPS) is 18.2. The lowest BCUT2D eigenvalue weighted by molar-refractivity contribution is -0.151. The fourth-order valence-electron chi connectivity index (χ4n) is 2.87. The van der Waals surface area contributed by atoms with E-state index in [1.165, 1.54) is 11.1 Å². The Labute approximate surface area is 108 Å². The van der Waals surface area contributed by atoms with E-state index in [-0.39, 0.29) is 17.3 Å². The molecule has 1 aliphatic heterocycles. The van der Waals surface area contributed by atoms with E-state index in [2.05, 4.69) is 19.1 Å². The van der Waals surface area contributed by atoms with E-state index in [1.54, 1.807) is 0 Å². The molecule has 1 heterocycles. The van der Waals surface area contributed by atoms with Gasteiger partial charge in [-0.05, 0) is 23.5 Å². The lowest BCUT2D eigenvalue weighted by Gasteiger charge is -2.53. The Balaban J connectivity index is 2.43. The van der Waals surface area contributed by atoms with Crippen LogP contribution in [-0.2, 0) is 14.9 Å². The molecule has 0 atom stereocenters. The number of carbonyl (C=O) groups is 1. The molecule has 1 aliphatic rings. The first-order valence-corrected chi connectivity index (χ1v) is 6.25. The standard InChI is InChI=1S/C15H20O3/c1-11-6-4-5-7-12(11)15(9-18-10-15)14(2,3)8-13(16)17/h4-7H,8-10H2,1-3H3,(H,16,17). The van der Waals surface area contributed by atoms with Crippen LogP contribution in [0.2, 0.25) is 0 Å². The zero-order valence-electron chi connectivity index (χ0n) is 11.2. The number of aryl methyl sites for hydroxylation is 1. The van der Waals surface area contributed by atoms with E-state index in [4.69, 9.17) is 9.84 Å². The molecule has 1 N–H and O–H groups in total. The van der Waals surface area contributed by atoms with E-state index < -0.39 is 5.97 Å². The topological polar surface area (TPSA) is 46.5 Å². The molecular weight excluding hydrogens is 228 g/mol. The molecule has 3 heteroatoms. The number of rotatable bonds is 4. The maximum absolute atomic E-state index is 11.1. The molecule has 0 amide bonds. The molecule has 0 saturated carbocycles. The summed E-state index contributed by atoms with van der Waals surface area (Å²) in [4.78, 5) is 11.1. The smallest absolute Gasteiger partial charge is 0.303 e. The molecule has 0 bridgehead atoms. The number of carboxylic acid groups (broad SMARTS) is 1. The van der Waals surface area contributed by atoms with Crippen LogP contribution in [0.1, 0.15) is 31.4 Å². The van der Waals surface area contributed by atoms with Crippen LogP contribution in [0.25, 0.3) is 0 Å². The zero-order valence-corrected chi connectivity index (χ0v) is 11.2. The zero-order chi connectivity index (χ0) is 13.4. The molecule has 1 saturated heterocycles. The molecular formula is C15H20O3. The summed E-state index contributed by atoms with van der Waals surface area (Å²) in [6.45, 7) is 7.34. The first-order chi connectivity index (χ1) is 8.39. The minimum Gasteiger partial charge on any atom is -0.481 e. The third-order valence-electron chi connectivity index (χ3n) is 4.25. The maximum atomic E-state index is 11.1. The minimum absolute atomic E-state index is 0.157.